The molecule has 0 saturated heterocycles. The van der Waals surface area contributed by atoms with Gasteiger partial charge in [-0.15, -0.1) is 0 Å². The lowest BCUT2D eigenvalue weighted by molar-refractivity contribution is -0.143. The maximum absolute atomic E-state index is 12.4. The number of benzene rings is 3. The summed E-state index contributed by atoms with van der Waals surface area (Å²) in [6.45, 7) is 12.8. The molecule has 1 aliphatic rings. The Morgan fingerprint density at radius 1 is 0.930 bits per heavy atom. The summed E-state index contributed by atoms with van der Waals surface area (Å²) in [7, 11) is 5.87. The van der Waals surface area contributed by atoms with Gasteiger partial charge >= 0.3 is 5.97 Å². The highest BCUT2D eigenvalue weighted by molar-refractivity contribution is 5.78. The molecule has 2 atom stereocenters. The molecule has 6 nitrogen and oxygen atoms in total. The van der Waals surface area contributed by atoms with Gasteiger partial charge < -0.3 is 24.4 Å². The highest BCUT2D eigenvalue weighted by Crippen LogP contribution is 2.39. The van der Waals surface area contributed by atoms with Crippen molar-refractivity contribution < 1.29 is 19.0 Å². The molecule has 6 heteroatoms. The normalized spacial score (nSPS) is 15.9. The van der Waals surface area contributed by atoms with E-state index in [0.717, 1.165) is 42.9 Å². The van der Waals surface area contributed by atoms with E-state index in [-0.39, 0.29) is 17.6 Å². The second kappa shape index (κ2) is 13.4. The Labute approximate surface area is 258 Å². The number of ether oxygens (including phenoxy) is 3. The van der Waals surface area contributed by atoms with E-state index in [2.05, 4.69) is 93.6 Å². The number of aryl methyl sites for hydroxylation is 1. The van der Waals surface area contributed by atoms with Gasteiger partial charge in [-0.2, -0.15) is 0 Å². The summed E-state index contributed by atoms with van der Waals surface area (Å²) in [6, 6.07) is 21.2. The summed E-state index contributed by atoms with van der Waals surface area (Å²) in [6.07, 6.45) is 3.82. The Morgan fingerprint density at radius 2 is 1.60 bits per heavy atom. The zero-order valence-electron chi connectivity index (χ0n) is 27.5. The number of fused-ring (bicyclic) bond motifs is 1. The third kappa shape index (κ3) is 8.54. The largest absolute Gasteiger partial charge is 0.497 e. The molecule has 1 aliphatic carbocycles. The molecule has 0 amide bonds. The van der Waals surface area contributed by atoms with E-state index in [0.29, 0.717) is 18.3 Å². The van der Waals surface area contributed by atoms with Crippen molar-refractivity contribution in [3.63, 3.8) is 0 Å². The van der Waals surface area contributed by atoms with Crippen LogP contribution in [0.4, 0.5) is 5.69 Å². The molecular formula is C37H50N2O4. The monoisotopic (exact) mass is 586 g/mol. The van der Waals surface area contributed by atoms with Crippen molar-refractivity contribution in [2.45, 2.75) is 84.7 Å². The molecular weight excluding hydrogens is 536 g/mol. The van der Waals surface area contributed by atoms with Crippen LogP contribution in [0.5, 0.6) is 17.2 Å². The van der Waals surface area contributed by atoms with Gasteiger partial charge in [0, 0.05) is 23.3 Å². The zero-order chi connectivity index (χ0) is 31.4. The molecule has 3 aromatic rings. The Hall–Kier alpha value is -3.51. The zero-order valence-corrected chi connectivity index (χ0v) is 27.5. The van der Waals surface area contributed by atoms with Gasteiger partial charge in [-0.25, -0.2) is 0 Å². The van der Waals surface area contributed by atoms with Crippen molar-refractivity contribution in [1.29, 1.82) is 0 Å². The summed E-state index contributed by atoms with van der Waals surface area (Å²) < 4.78 is 17.3. The number of esters is 1. The maximum atomic E-state index is 12.4. The average Bonchev–Trinajstić information content (AvgIpc) is 2.96. The fraction of sp³-hybridized carbons (Fsp3) is 0.486. The first-order valence-electron chi connectivity index (χ1n) is 15.4. The van der Waals surface area contributed by atoms with Crippen LogP contribution in [0.2, 0.25) is 0 Å². The summed E-state index contributed by atoms with van der Waals surface area (Å²) in [5.41, 5.74) is 5.73. The number of carbonyl (C=O) groups excluding carboxylic acids is 1. The molecule has 0 radical (unpaired) electrons. The molecule has 1 N–H and O–H groups in total. The molecule has 4 rings (SSSR count). The quantitative estimate of drug-likeness (QED) is 0.184. The van der Waals surface area contributed by atoms with Crippen LogP contribution < -0.4 is 19.5 Å². The summed E-state index contributed by atoms with van der Waals surface area (Å²) in [5, 5.41) is 3.80. The fourth-order valence-electron chi connectivity index (χ4n) is 5.24. The fourth-order valence-corrected chi connectivity index (χ4v) is 5.24. The van der Waals surface area contributed by atoms with Crippen molar-refractivity contribution in [3.8, 4) is 17.2 Å². The minimum absolute atomic E-state index is 0.0319. The molecule has 3 aromatic carbocycles. The van der Waals surface area contributed by atoms with E-state index in [1.54, 1.807) is 7.11 Å². The standard InChI is InChI=1S/C37H50N2O4/c1-25(20-26-10-15-30(16-11-26)42-24-37(5,6)39(7)8)38-34-23-31(41-9)18-19-33(34)29-13-12-28-22-32(17-14-27(28)21-29)43-35(40)36(2,3)4/h10-11,14-19,22-23,25,29,38H,12-13,20-21,24H2,1-9H3. The maximum Gasteiger partial charge on any atom is 0.316 e. The first-order valence-corrected chi connectivity index (χ1v) is 15.4. The second-order valence-corrected chi connectivity index (χ2v) is 13.9. The lowest BCUT2D eigenvalue weighted by Crippen LogP contribution is -2.43. The van der Waals surface area contributed by atoms with Crippen molar-refractivity contribution in [3.05, 3.63) is 82.9 Å². The van der Waals surface area contributed by atoms with E-state index in [4.69, 9.17) is 14.2 Å². The molecule has 0 spiro atoms. The lowest BCUT2D eigenvalue weighted by Gasteiger charge is -2.32. The first-order chi connectivity index (χ1) is 20.2. The number of hydrogen-bond donors (Lipinski definition) is 1. The van der Waals surface area contributed by atoms with Crippen LogP contribution in [0, 0.1) is 5.41 Å². The number of methoxy groups -OCH3 is 1. The summed E-state index contributed by atoms with van der Waals surface area (Å²) >= 11 is 0. The van der Waals surface area contributed by atoms with Gasteiger partial charge in [0.25, 0.3) is 0 Å². The average molecular weight is 587 g/mol. The third-order valence-corrected chi connectivity index (χ3v) is 8.60. The van der Waals surface area contributed by atoms with Crippen molar-refractivity contribution in [2.24, 2.45) is 5.41 Å². The molecule has 0 bridgehead atoms. The van der Waals surface area contributed by atoms with Crippen LogP contribution in [0.25, 0.3) is 0 Å². The highest BCUT2D eigenvalue weighted by Gasteiger charge is 2.26. The summed E-state index contributed by atoms with van der Waals surface area (Å²) in [5.74, 6) is 2.56. The van der Waals surface area contributed by atoms with Gasteiger partial charge in [0.15, 0.2) is 0 Å². The van der Waals surface area contributed by atoms with Crippen LogP contribution >= 0.6 is 0 Å². The van der Waals surface area contributed by atoms with Crippen LogP contribution in [-0.4, -0.2) is 50.3 Å². The molecule has 0 aromatic heterocycles. The number of likely N-dealkylation sites (N-methyl/N-ethyl adjacent to an activating group) is 1. The van der Waals surface area contributed by atoms with Crippen LogP contribution in [0.1, 0.15) is 76.1 Å². The lowest BCUT2D eigenvalue weighted by atomic mass is 9.79. The van der Waals surface area contributed by atoms with Gasteiger partial charge in [0.1, 0.15) is 23.9 Å². The minimum atomic E-state index is -0.531. The molecule has 43 heavy (non-hydrogen) atoms. The third-order valence-electron chi connectivity index (χ3n) is 8.60. The number of nitrogens with one attached hydrogen (secondary N) is 1. The summed E-state index contributed by atoms with van der Waals surface area (Å²) in [4.78, 5) is 14.6. The topological polar surface area (TPSA) is 60.0 Å². The van der Waals surface area contributed by atoms with Gasteiger partial charge in [-0.3, -0.25) is 4.79 Å². The Kier molecular flexibility index (Phi) is 10.1. The predicted octanol–water partition coefficient (Wildman–Crippen LogP) is 7.68. The van der Waals surface area contributed by atoms with E-state index in [9.17, 15) is 4.79 Å². The van der Waals surface area contributed by atoms with Crippen molar-refractivity contribution in [2.75, 3.05) is 33.1 Å². The highest BCUT2D eigenvalue weighted by atomic mass is 16.5. The Bertz CT molecular complexity index is 1390. The number of anilines is 1. The second-order valence-electron chi connectivity index (χ2n) is 13.9. The van der Waals surface area contributed by atoms with Crippen LogP contribution in [0.3, 0.4) is 0 Å². The van der Waals surface area contributed by atoms with Crippen LogP contribution in [0.15, 0.2) is 60.7 Å². The predicted molar refractivity (Wildman–Crippen MR) is 176 cm³/mol. The van der Waals surface area contributed by atoms with E-state index in [1.807, 2.05) is 32.9 Å². The molecule has 0 aliphatic heterocycles. The number of hydrogen-bond acceptors (Lipinski definition) is 6. The van der Waals surface area contributed by atoms with Gasteiger partial charge in [-0.1, -0.05) is 24.3 Å². The number of carbonyl (C=O) groups is 1. The van der Waals surface area contributed by atoms with E-state index < -0.39 is 5.41 Å². The van der Waals surface area contributed by atoms with Crippen molar-refractivity contribution in [1.82, 2.24) is 4.90 Å². The Balaban J connectivity index is 1.42. The molecule has 0 fully saturated rings. The molecule has 2 unspecified atom stereocenters. The minimum Gasteiger partial charge on any atom is -0.497 e. The van der Waals surface area contributed by atoms with E-state index in [1.165, 1.54) is 22.3 Å². The van der Waals surface area contributed by atoms with Gasteiger partial charge in [-0.05, 0) is 140 Å². The van der Waals surface area contributed by atoms with Gasteiger partial charge in [0.2, 0.25) is 0 Å². The molecule has 232 valence electrons. The van der Waals surface area contributed by atoms with Crippen molar-refractivity contribution >= 4 is 11.7 Å². The number of nitrogens with zero attached hydrogens (tertiary/aromatic N) is 1. The smallest absolute Gasteiger partial charge is 0.316 e. The first kappa shape index (κ1) is 32.4. The SMILES string of the molecule is COc1ccc(C2CCc3cc(OC(=O)C(C)(C)C)ccc3C2)c(NC(C)Cc2ccc(OCC(C)(C)N(C)C)cc2)c1. The molecule has 0 saturated carbocycles. The van der Waals surface area contributed by atoms with Crippen LogP contribution in [-0.2, 0) is 24.1 Å². The Morgan fingerprint density at radius 3 is 2.26 bits per heavy atom. The number of rotatable bonds is 11. The molecule has 0 heterocycles. The van der Waals surface area contributed by atoms with Gasteiger partial charge in [0.05, 0.1) is 12.5 Å². The van der Waals surface area contributed by atoms with E-state index >= 15 is 0 Å².